The van der Waals surface area contributed by atoms with Gasteiger partial charge in [-0.05, 0) is 37.8 Å². The fourth-order valence-corrected chi connectivity index (χ4v) is 3.80. The largest absolute Gasteiger partial charge is 0.497 e. The summed E-state index contributed by atoms with van der Waals surface area (Å²) >= 11 is 0. The van der Waals surface area contributed by atoms with Crippen LogP contribution in [0.2, 0.25) is 0 Å². The van der Waals surface area contributed by atoms with Gasteiger partial charge < -0.3 is 9.47 Å². The highest BCUT2D eigenvalue weighted by Crippen LogP contribution is 2.25. The minimum atomic E-state index is -3.40. The van der Waals surface area contributed by atoms with Gasteiger partial charge in [0.15, 0.2) is 0 Å². The highest BCUT2D eigenvalue weighted by Gasteiger charge is 2.27. The van der Waals surface area contributed by atoms with Crippen LogP contribution in [-0.2, 0) is 10.2 Å². The first-order valence-electron chi connectivity index (χ1n) is 8.54. The molecule has 1 aliphatic carbocycles. The van der Waals surface area contributed by atoms with Crippen molar-refractivity contribution in [3.05, 3.63) is 24.4 Å². The molecule has 142 valence electrons. The molecule has 8 nitrogen and oxygen atoms in total. The smallest absolute Gasteiger partial charge is 0.317 e. The van der Waals surface area contributed by atoms with Crippen LogP contribution in [0.3, 0.4) is 0 Å². The molecule has 0 spiro atoms. The molecule has 1 saturated carbocycles. The van der Waals surface area contributed by atoms with Crippen molar-refractivity contribution >= 4 is 21.1 Å². The van der Waals surface area contributed by atoms with Gasteiger partial charge in [0, 0.05) is 37.8 Å². The van der Waals surface area contributed by atoms with Gasteiger partial charge in [0.05, 0.1) is 12.6 Å². The SMILES string of the molecule is COc1ccc2cnc(OC3CCC(NS(=O)(=O)N(C)C)CC3)nc2c1. The van der Waals surface area contributed by atoms with Crippen LogP contribution in [0, 0.1) is 0 Å². The van der Waals surface area contributed by atoms with Crippen molar-refractivity contribution in [3.8, 4) is 11.8 Å². The van der Waals surface area contributed by atoms with Crippen LogP contribution in [0.15, 0.2) is 24.4 Å². The molecule has 9 heteroatoms. The maximum atomic E-state index is 11.9. The Morgan fingerprint density at radius 2 is 1.92 bits per heavy atom. The average molecular weight is 380 g/mol. The van der Waals surface area contributed by atoms with Crippen LogP contribution in [0.25, 0.3) is 10.9 Å². The molecule has 0 saturated heterocycles. The van der Waals surface area contributed by atoms with E-state index in [-0.39, 0.29) is 12.1 Å². The molecule has 1 aliphatic rings. The number of aromatic nitrogens is 2. The lowest BCUT2D eigenvalue weighted by atomic mass is 9.94. The molecule has 0 radical (unpaired) electrons. The van der Waals surface area contributed by atoms with E-state index in [9.17, 15) is 8.42 Å². The van der Waals surface area contributed by atoms with Crippen molar-refractivity contribution in [1.82, 2.24) is 19.0 Å². The van der Waals surface area contributed by atoms with E-state index in [2.05, 4.69) is 14.7 Å². The molecule has 0 atom stereocenters. The highest BCUT2D eigenvalue weighted by molar-refractivity contribution is 7.87. The third-order valence-electron chi connectivity index (χ3n) is 4.51. The summed E-state index contributed by atoms with van der Waals surface area (Å²) in [6.45, 7) is 0. The van der Waals surface area contributed by atoms with Gasteiger partial charge in [-0.25, -0.2) is 4.98 Å². The summed E-state index contributed by atoms with van der Waals surface area (Å²) in [5.41, 5.74) is 0.766. The maximum absolute atomic E-state index is 11.9. The van der Waals surface area contributed by atoms with E-state index in [1.165, 1.54) is 18.4 Å². The van der Waals surface area contributed by atoms with E-state index >= 15 is 0 Å². The highest BCUT2D eigenvalue weighted by atomic mass is 32.2. The van der Waals surface area contributed by atoms with Gasteiger partial charge in [-0.3, -0.25) is 0 Å². The Labute approximate surface area is 153 Å². The quantitative estimate of drug-likeness (QED) is 0.820. The molecule has 0 bridgehead atoms. The zero-order valence-electron chi connectivity index (χ0n) is 15.2. The van der Waals surface area contributed by atoms with Gasteiger partial charge in [-0.1, -0.05) is 0 Å². The number of nitrogens with one attached hydrogen (secondary N) is 1. The summed E-state index contributed by atoms with van der Waals surface area (Å²) in [6.07, 6.45) is 4.66. The molecule has 3 rings (SSSR count). The van der Waals surface area contributed by atoms with E-state index < -0.39 is 10.2 Å². The molecule has 1 aromatic carbocycles. The van der Waals surface area contributed by atoms with E-state index in [1.807, 2.05) is 18.2 Å². The summed E-state index contributed by atoms with van der Waals surface area (Å²) in [6, 6.07) is 5.88. The number of nitrogens with zero attached hydrogens (tertiary/aromatic N) is 3. The third kappa shape index (κ3) is 4.40. The first-order chi connectivity index (χ1) is 12.4. The second kappa shape index (κ2) is 7.73. The number of hydrogen-bond donors (Lipinski definition) is 1. The summed E-state index contributed by atoms with van der Waals surface area (Å²) < 4.78 is 38.8. The van der Waals surface area contributed by atoms with Crippen LogP contribution >= 0.6 is 0 Å². The van der Waals surface area contributed by atoms with E-state index in [0.29, 0.717) is 6.01 Å². The number of hydrogen-bond acceptors (Lipinski definition) is 6. The normalized spacial score (nSPS) is 21.1. The summed E-state index contributed by atoms with van der Waals surface area (Å²) in [7, 11) is 1.25. The van der Waals surface area contributed by atoms with Crippen LogP contribution in [0.5, 0.6) is 11.8 Å². The Hall–Kier alpha value is -1.97. The molecule has 1 N–H and O–H groups in total. The average Bonchev–Trinajstić information content (AvgIpc) is 2.62. The lowest BCUT2D eigenvalue weighted by Gasteiger charge is -2.29. The Bertz CT molecular complexity index is 864. The second-order valence-electron chi connectivity index (χ2n) is 6.57. The molecule has 1 heterocycles. The molecule has 2 aromatic rings. The topological polar surface area (TPSA) is 93.7 Å². The van der Waals surface area contributed by atoms with E-state index in [1.54, 1.807) is 13.3 Å². The van der Waals surface area contributed by atoms with Crippen LogP contribution in [0.1, 0.15) is 25.7 Å². The van der Waals surface area contributed by atoms with Crippen molar-refractivity contribution in [2.45, 2.75) is 37.8 Å². The Morgan fingerprint density at radius 3 is 2.58 bits per heavy atom. The van der Waals surface area contributed by atoms with Crippen LogP contribution in [0.4, 0.5) is 0 Å². The van der Waals surface area contributed by atoms with E-state index in [4.69, 9.17) is 9.47 Å². The van der Waals surface area contributed by atoms with Gasteiger partial charge in [0.2, 0.25) is 0 Å². The zero-order chi connectivity index (χ0) is 18.7. The Morgan fingerprint density at radius 1 is 1.19 bits per heavy atom. The molecular formula is C17H24N4O4S. The van der Waals surface area contributed by atoms with Gasteiger partial charge in [-0.15, -0.1) is 0 Å². The third-order valence-corrected chi connectivity index (χ3v) is 6.10. The van der Waals surface area contributed by atoms with E-state index in [0.717, 1.165) is 42.3 Å². The molecular weight excluding hydrogens is 356 g/mol. The predicted octanol–water partition coefficient (Wildman–Crippen LogP) is 1.72. The fourth-order valence-electron chi connectivity index (χ4n) is 2.93. The molecule has 1 aromatic heterocycles. The molecule has 0 aliphatic heterocycles. The van der Waals surface area contributed by atoms with Crippen molar-refractivity contribution in [2.24, 2.45) is 0 Å². The predicted molar refractivity (Wildman–Crippen MR) is 98.5 cm³/mol. The van der Waals surface area contributed by atoms with Crippen molar-refractivity contribution in [2.75, 3.05) is 21.2 Å². The van der Waals surface area contributed by atoms with Crippen molar-refractivity contribution in [3.63, 3.8) is 0 Å². The number of rotatable bonds is 6. The van der Waals surface area contributed by atoms with Gasteiger partial charge in [0.1, 0.15) is 11.9 Å². The monoisotopic (exact) mass is 380 g/mol. The minimum Gasteiger partial charge on any atom is -0.497 e. The maximum Gasteiger partial charge on any atom is 0.317 e. The van der Waals surface area contributed by atoms with Crippen LogP contribution < -0.4 is 14.2 Å². The number of fused-ring (bicyclic) bond motifs is 1. The van der Waals surface area contributed by atoms with Crippen LogP contribution in [-0.4, -0.2) is 56.0 Å². The summed E-state index contributed by atoms with van der Waals surface area (Å²) in [4.78, 5) is 8.71. The first kappa shape index (κ1) is 18.8. The summed E-state index contributed by atoms with van der Waals surface area (Å²) in [5.74, 6) is 0.732. The lowest BCUT2D eigenvalue weighted by Crippen LogP contribution is -2.44. The standard InChI is InChI=1S/C17H24N4O4S/c1-21(2)26(22,23)20-13-5-8-14(9-6-13)25-17-18-11-12-4-7-15(24-3)10-16(12)19-17/h4,7,10-11,13-14,20H,5-6,8-9H2,1-3H3. The fraction of sp³-hybridized carbons (Fsp3) is 0.529. The van der Waals surface area contributed by atoms with Crippen molar-refractivity contribution in [1.29, 1.82) is 0 Å². The summed E-state index contributed by atoms with van der Waals surface area (Å²) in [5, 5.41) is 0.917. The molecule has 0 unspecified atom stereocenters. The lowest BCUT2D eigenvalue weighted by molar-refractivity contribution is 0.132. The molecule has 26 heavy (non-hydrogen) atoms. The number of benzene rings is 1. The Balaban J connectivity index is 1.60. The number of methoxy groups -OCH3 is 1. The van der Waals surface area contributed by atoms with Gasteiger partial charge in [-0.2, -0.15) is 22.4 Å². The minimum absolute atomic E-state index is 0.0156. The molecule has 1 fully saturated rings. The van der Waals surface area contributed by atoms with Crippen molar-refractivity contribution < 1.29 is 17.9 Å². The number of ether oxygens (including phenoxy) is 2. The van der Waals surface area contributed by atoms with Gasteiger partial charge >= 0.3 is 6.01 Å². The second-order valence-corrected chi connectivity index (χ2v) is 8.49. The first-order valence-corrected chi connectivity index (χ1v) is 9.98. The zero-order valence-corrected chi connectivity index (χ0v) is 16.0. The molecule has 0 amide bonds. The Kier molecular flexibility index (Phi) is 5.59. The van der Waals surface area contributed by atoms with Gasteiger partial charge in [0.25, 0.3) is 10.2 Å².